The van der Waals surface area contributed by atoms with Crippen molar-refractivity contribution in [2.24, 2.45) is 11.3 Å². The fourth-order valence-electron chi connectivity index (χ4n) is 4.41. The predicted molar refractivity (Wildman–Crippen MR) is 147 cm³/mol. The molecule has 0 aliphatic carbocycles. The highest BCUT2D eigenvalue weighted by molar-refractivity contribution is 5.84. The van der Waals surface area contributed by atoms with E-state index in [2.05, 4.69) is 65.0 Å². The molecule has 0 saturated heterocycles. The molecule has 3 aromatic rings. The van der Waals surface area contributed by atoms with Gasteiger partial charge >= 0.3 is 0 Å². The summed E-state index contributed by atoms with van der Waals surface area (Å²) in [6, 6.07) is 18.5. The van der Waals surface area contributed by atoms with Crippen molar-refractivity contribution in [2.45, 2.75) is 60.2 Å². The molecule has 2 unspecified atom stereocenters. The normalized spacial score (nSPS) is 13.5. The highest BCUT2D eigenvalue weighted by Crippen LogP contribution is 2.37. The molecule has 5 nitrogen and oxygen atoms in total. The number of hydrogen-bond acceptors (Lipinski definition) is 5. The second-order valence-electron chi connectivity index (χ2n) is 10.8. The number of benzene rings is 3. The Morgan fingerprint density at radius 1 is 0.694 bits per heavy atom. The molecule has 0 heterocycles. The molecule has 0 aromatic heterocycles. The zero-order valence-electron chi connectivity index (χ0n) is 23.1. The van der Waals surface area contributed by atoms with Crippen LogP contribution in [0, 0.1) is 11.3 Å². The number of methoxy groups -OCH3 is 2. The molecular weight excluding hydrogens is 452 g/mol. The van der Waals surface area contributed by atoms with Gasteiger partial charge in [-0.1, -0.05) is 58.9 Å². The molecule has 36 heavy (non-hydrogen) atoms. The molecule has 0 bridgehead atoms. The fourth-order valence-corrected chi connectivity index (χ4v) is 4.41. The Balaban J connectivity index is 1.56. The highest BCUT2D eigenvalue weighted by Gasteiger charge is 2.23. The van der Waals surface area contributed by atoms with Gasteiger partial charge in [-0.25, -0.2) is 0 Å². The summed E-state index contributed by atoms with van der Waals surface area (Å²) >= 11 is 0. The Kier molecular flexibility index (Phi) is 9.49. The van der Waals surface area contributed by atoms with E-state index in [4.69, 9.17) is 23.7 Å². The van der Waals surface area contributed by atoms with Crippen LogP contribution in [0.1, 0.15) is 59.4 Å². The first-order valence-electron chi connectivity index (χ1n) is 12.8. The lowest BCUT2D eigenvalue weighted by Gasteiger charge is -2.29. The van der Waals surface area contributed by atoms with Crippen molar-refractivity contribution in [1.29, 1.82) is 0 Å². The molecule has 0 aliphatic heterocycles. The summed E-state index contributed by atoms with van der Waals surface area (Å²) in [4.78, 5) is 0. The van der Waals surface area contributed by atoms with Crippen molar-refractivity contribution >= 4 is 10.8 Å². The Labute approximate surface area is 216 Å². The van der Waals surface area contributed by atoms with Gasteiger partial charge in [-0.05, 0) is 59.1 Å². The van der Waals surface area contributed by atoms with E-state index in [1.165, 1.54) is 17.4 Å². The zero-order valence-corrected chi connectivity index (χ0v) is 23.1. The van der Waals surface area contributed by atoms with E-state index in [0.717, 1.165) is 11.1 Å². The molecule has 0 radical (unpaired) electrons. The average molecular weight is 495 g/mol. The van der Waals surface area contributed by atoms with Crippen molar-refractivity contribution in [3.8, 4) is 23.0 Å². The summed E-state index contributed by atoms with van der Waals surface area (Å²) in [5, 5.41) is 2.40. The third-order valence-corrected chi connectivity index (χ3v) is 6.23. The number of hydrogen-bond donors (Lipinski definition) is 0. The first-order valence-corrected chi connectivity index (χ1v) is 12.8. The molecule has 2 atom stereocenters. The Hall–Kier alpha value is -2.92. The first kappa shape index (κ1) is 27.7. The van der Waals surface area contributed by atoms with Crippen LogP contribution in [0.2, 0.25) is 0 Å². The van der Waals surface area contributed by atoms with Crippen molar-refractivity contribution in [2.75, 3.05) is 27.4 Å². The van der Waals surface area contributed by atoms with Crippen molar-refractivity contribution < 1.29 is 23.7 Å². The van der Waals surface area contributed by atoms with Gasteiger partial charge in [0, 0.05) is 18.2 Å². The van der Waals surface area contributed by atoms with Crippen LogP contribution in [-0.2, 0) is 4.74 Å². The molecule has 196 valence electrons. The van der Waals surface area contributed by atoms with Crippen molar-refractivity contribution in [1.82, 2.24) is 0 Å². The number of ether oxygens (including phenoxy) is 5. The lowest BCUT2D eigenvalue weighted by Crippen LogP contribution is -2.19. The smallest absolute Gasteiger partial charge is 0.197 e. The minimum atomic E-state index is -0.401. The van der Waals surface area contributed by atoms with Gasteiger partial charge in [0.15, 0.2) is 6.29 Å². The molecule has 0 N–H and O–H groups in total. The predicted octanol–water partition coefficient (Wildman–Crippen LogP) is 7.85. The molecule has 3 rings (SSSR count). The van der Waals surface area contributed by atoms with Gasteiger partial charge in [0.25, 0.3) is 0 Å². The Morgan fingerprint density at radius 2 is 1.31 bits per heavy atom. The van der Waals surface area contributed by atoms with Crippen LogP contribution < -0.4 is 18.9 Å². The molecule has 0 spiro atoms. The van der Waals surface area contributed by atoms with Crippen LogP contribution in [0.5, 0.6) is 23.0 Å². The molecule has 0 fully saturated rings. The van der Waals surface area contributed by atoms with Gasteiger partial charge < -0.3 is 23.7 Å². The summed E-state index contributed by atoms with van der Waals surface area (Å²) in [5.74, 6) is 3.95. The Morgan fingerprint density at radius 3 is 1.92 bits per heavy atom. The second kappa shape index (κ2) is 12.4. The van der Waals surface area contributed by atoms with Gasteiger partial charge in [-0.15, -0.1) is 0 Å². The minimum absolute atomic E-state index is 0.295. The fraction of sp³-hybridized carbons (Fsp3) is 0.484. The lowest BCUT2D eigenvalue weighted by molar-refractivity contribution is -0.0738. The van der Waals surface area contributed by atoms with Crippen LogP contribution in [0.25, 0.3) is 10.8 Å². The van der Waals surface area contributed by atoms with E-state index >= 15 is 0 Å². The van der Waals surface area contributed by atoms with Gasteiger partial charge in [-0.2, -0.15) is 0 Å². The maximum Gasteiger partial charge on any atom is 0.197 e. The van der Waals surface area contributed by atoms with E-state index in [1.54, 1.807) is 20.3 Å². The van der Waals surface area contributed by atoms with Gasteiger partial charge in [0.05, 0.1) is 20.8 Å². The number of fused-ring (bicyclic) bond motifs is 1. The monoisotopic (exact) mass is 494 g/mol. The van der Waals surface area contributed by atoms with Crippen LogP contribution in [0.4, 0.5) is 0 Å². The first-order chi connectivity index (χ1) is 17.1. The zero-order chi connectivity index (χ0) is 26.3. The largest absolute Gasteiger partial charge is 0.496 e. The van der Waals surface area contributed by atoms with Crippen LogP contribution in [0.15, 0.2) is 54.6 Å². The van der Waals surface area contributed by atoms with E-state index in [-0.39, 0.29) is 0 Å². The molecule has 0 amide bonds. The maximum absolute atomic E-state index is 6.01. The average Bonchev–Trinajstić information content (AvgIpc) is 2.84. The van der Waals surface area contributed by atoms with Crippen molar-refractivity contribution in [3.63, 3.8) is 0 Å². The summed E-state index contributed by atoms with van der Waals surface area (Å²) in [5.41, 5.74) is 1.70. The van der Waals surface area contributed by atoms with Gasteiger partial charge in [0.2, 0.25) is 0 Å². The highest BCUT2D eigenvalue weighted by atomic mass is 16.7. The summed E-state index contributed by atoms with van der Waals surface area (Å²) in [7, 11) is 3.23. The van der Waals surface area contributed by atoms with Gasteiger partial charge in [-0.3, -0.25) is 0 Å². The minimum Gasteiger partial charge on any atom is -0.496 e. The molecular formula is C31H42O5. The van der Waals surface area contributed by atoms with E-state index in [9.17, 15) is 0 Å². The maximum atomic E-state index is 6.01. The van der Waals surface area contributed by atoms with Gasteiger partial charge in [0.1, 0.15) is 29.6 Å². The summed E-state index contributed by atoms with van der Waals surface area (Å²) in [6.45, 7) is 14.3. The molecule has 3 aromatic carbocycles. The van der Waals surface area contributed by atoms with Crippen LogP contribution in [-0.4, -0.2) is 33.7 Å². The molecule has 0 saturated carbocycles. The van der Waals surface area contributed by atoms with Crippen LogP contribution in [0.3, 0.4) is 0 Å². The number of rotatable bonds is 12. The van der Waals surface area contributed by atoms with Crippen LogP contribution >= 0.6 is 0 Å². The molecule has 0 aliphatic rings. The Bertz CT molecular complexity index is 1090. The quantitative estimate of drug-likeness (QED) is 0.189. The summed E-state index contributed by atoms with van der Waals surface area (Å²) < 4.78 is 28.2. The van der Waals surface area contributed by atoms with E-state index < -0.39 is 6.29 Å². The van der Waals surface area contributed by atoms with Crippen molar-refractivity contribution in [3.05, 3.63) is 60.2 Å². The van der Waals surface area contributed by atoms with E-state index in [0.29, 0.717) is 47.7 Å². The summed E-state index contributed by atoms with van der Waals surface area (Å²) in [6.07, 6.45) is 0.767. The SMILES string of the molecule is COc1cc(OC)cc(OCCOC(C)Oc2ccc3cc(C(CC(C)(C)C)C(C)C)ccc3c2)c1. The van der Waals surface area contributed by atoms with E-state index in [1.807, 2.05) is 25.1 Å². The standard InChI is InChI=1S/C31H42O5/c1-21(2)30(20-31(4,5)6)25-10-9-24-16-26(12-11-23(24)15-25)36-22(3)34-13-14-35-29-18-27(32-7)17-28(19-29)33-8/h9-12,15-19,21-22,30H,13-14,20H2,1-8H3. The third-order valence-electron chi connectivity index (χ3n) is 6.23. The lowest BCUT2D eigenvalue weighted by atomic mass is 9.76. The topological polar surface area (TPSA) is 46.2 Å². The molecule has 5 heteroatoms. The third kappa shape index (κ3) is 8.06. The second-order valence-corrected chi connectivity index (χ2v) is 10.8.